The molecule has 8 aromatic carbocycles. The Bertz CT molecular complexity index is 3970. The van der Waals surface area contributed by atoms with Gasteiger partial charge in [-0.2, -0.15) is 0 Å². The molecule has 0 amide bonds. The van der Waals surface area contributed by atoms with Gasteiger partial charge in [0.1, 0.15) is 17.0 Å². The standard InChI is InChI=1S/C62H47N5O/c1-37-32-39-33-40-35-62(34-37,36-49(39)40)61-64-59(46-21-8-13-28-53(46)67-52-27-12-7-20-44(52)45-30-31-55-56(58(45)67)47-22-9-14-29-54(47)68-55)63-60(65-61)48-24-15-23-41(38-16-3-2-4-17-38)57(48)66-50-25-10-5-18-42(50)43-19-6-11-26-51(43)66/h2-31,37,39-40,49H,32-36H2,1H3/t37-,39?,40+,49+,62?/m1/s1. The monoisotopic (exact) mass is 877 g/mol. The van der Waals surface area contributed by atoms with Crippen LogP contribution in [0.1, 0.15) is 44.9 Å². The Morgan fingerprint density at radius 3 is 1.87 bits per heavy atom. The van der Waals surface area contributed by atoms with Gasteiger partial charge in [0.05, 0.1) is 38.8 Å². The summed E-state index contributed by atoms with van der Waals surface area (Å²) in [5, 5.41) is 7.02. The van der Waals surface area contributed by atoms with Crippen LogP contribution in [0.4, 0.5) is 0 Å². The van der Waals surface area contributed by atoms with Crippen molar-refractivity contribution >= 4 is 65.6 Å². The number of rotatable bonds is 6. The van der Waals surface area contributed by atoms with Gasteiger partial charge in [-0.1, -0.05) is 134 Å². The van der Waals surface area contributed by atoms with Crippen molar-refractivity contribution in [2.45, 2.75) is 44.4 Å². The fraction of sp³-hybridized carbons (Fsp3) is 0.177. The highest BCUT2D eigenvalue weighted by Crippen LogP contribution is 2.64. The van der Waals surface area contributed by atoms with Gasteiger partial charge in [-0.3, -0.25) is 0 Å². The van der Waals surface area contributed by atoms with Gasteiger partial charge in [-0.15, -0.1) is 0 Å². The summed E-state index contributed by atoms with van der Waals surface area (Å²) in [4.78, 5) is 17.4. The van der Waals surface area contributed by atoms with Crippen molar-refractivity contribution in [1.82, 2.24) is 24.1 Å². The van der Waals surface area contributed by atoms with E-state index in [4.69, 9.17) is 19.4 Å². The zero-order chi connectivity index (χ0) is 44.7. The van der Waals surface area contributed by atoms with Crippen LogP contribution in [0, 0.1) is 23.7 Å². The van der Waals surface area contributed by atoms with Crippen LogP contribution in [-0.2, 0) is 5.41 Å². The highest BCUT2D eigenvalue weighted by Gasteiger charge is 2.58. The molecule has 4 heterocycles. The van der Waals surface area contributed by atoms with E-state index in [1.54, 1.807) is 0 Å². The van der Waals surface area contributed by atoms with Crippen molar-refractivity contribution in [3.8, 4) is 45.3 Å². The molecule has 0 radical (unpaired) electrons. The Morgan fingerprint density at radius 2 is 1.09 bits per heavy atom. The van der Waals surface area contributed by atoms with Gasteiger partial charge in [-0.05, 0) is 116 Å². The van der Waals surface area contributed by atoms with Crippen molar-refractivity contribution in [1.29, 1.82) is 0 Å². The minimum Gasteiger partial charge on any atom is -0.456 e. The molecule has 5 atom stereocenters. The van der Waals surface area contributed by atoms with Crippen molar-refractivity contribution in [2.75, 3.05) is 0 Å². The molecule has 326 valence electrons. The SMILES string of the molecule is C[C@@H]1CC2C[C@H]3CC(c4nc(-c5ccccc5-n5c6ccccc6c6ccc7oc8ccccc8c7c65)nc(-c5cccc(-c6ccccc6)c5-n5c6ccccc6c6ccccc65)n4)(C1)C[C@@H]23. The third kappa shape index (κ3) is 5.43. The molecule has 68 heavy (non-hydrogen) atoms. The molecule has 0 N–H and O–H groups in total. The summed E-state index contributed by atoms with van der Waals surface area (Å²) in [7, 11) is 0. The van der Waals surface area contributed by atoms with Crippen molar-refractivity contribution in [3.63, 3.8) is 0 Å². The lowest BCUT2D eigenvalue weighted by atomic mass is 9.63. The predicted molar refractivity (Wildman–Crippen MR) is 276 cm³/mol. The van der Waals surface area contributed by atoms with Gasteiger partial charge < -0.3 is 13.6 Å². The zero-order valence-electron chi connectivity index (χ0n) is 37.8. The van der Waals surface area contributed by atoms with Crippen LogP contribution in [-0.4, -0.2) is 24.1 Å². The molecule has 0 saturated heterocycles. The second-order valence-corrected chi connectivity index (χ2v) is 20.2. The number of furan rings is 1. The first-order chi connectivity index (χ1) is 33.6. The van der Waals surface area contributed by atoms with Crippen LogP contribution in [0.3, 0.4) is 0 Å². The Morgan fingerprint density at radius 1 is 0.471 bits per heavy atom. The Hall–Kier alpha value is -7.83. The van der Waals surface area contributed by atoms with E-state index in [0.29, 0.717) is 17.6 Å². The maximum atomic E-state index is 6.56. The van der Waals surface area contributed by atoms with Gasteiger partial charge in [0, 0.05) is 49.0 Å². The maximum absolute atomic E-state index is 6.56. The third-order valence-electron chi connectivity index (χ3n) is 16.4. The number of aromatic nitrogens is 5. The third-order valence-corrected chi connectivity index (χ3v) is 16.4. The van der Waals surface area contributed by atoms with Crippen molar-refractivity contribution in [2.24, 2.45) is 23.7 Å². The van der Waals surface area contributed by atoms with E-state index in [2.05, 4.69) is 198 Å². The molecule has 15 rings (SSSR count). The number of hydrogen-bond acceptors (Lipinski definition) is 4. The predicted octanol–water partition coefficient (Wildman–Crippen LogP) is 15.7. The quantitative estimate of drug-likeness (QED) is 0.167. The van der Waals surface area contributed by atoms with Gasteiger partial charge in [-0.25, -0.2) is 15.0 Å². The van der Waals surface area contributed by atoms with Crippen LogP contribution in [0.5, 0.6) is 0 Å². The van der Waals surface area contributed by atoms with E-state index in [9.17, 15) is 0 Å². The van der Waals surface area contributed by atoms with Crippen molar-refractivity contribution in [3.05, 3.63) is 188 Å². The number of para-hydroxylation sites is 6. The second-order valence-electron chi connectivity index (χ2n) is 20.2. The maximum Gasteiger partial charge on any atom is 0.165 e. The summed E-state index contributed by atoms with van der Waals surface area (Å²) in [6.45, 7) is 2.47. The first-order valence-electron chi connectivity index (χ1n) is 24.5. The average Bonchev–Trinajstić information content (AvgIpc) is 4.10. The highest BCUT2D eigenvalue weighted by atomic mass is 16.3. The second kappa shape index (κ2) is 14.3. The molecule has 6 heteroatoms. The summed E-state index contributed by atoms with van der Waals surface area (Å²) in [6.07, 6.45) is 6.04. The summed E-state index contributed by atoms with van der Waals surface area (Å²) in [5.74, 6) is 5.27. The molecular formula is C62H47N5O. The van der Waals surface area contributed by atoms with Gasteiger partial charge in [0.2, 0.25) is 0 Å². The Labute approximate surface area is 393 Å². The number of benzene rings is 8. The summed E-state index contributed by atoms with van der Waals surface area (Å²) in [5.41, 5.74) is 12.5. The van der Waals surface area contributed by atoms with E-state index in [-0.39, 0.29) is 5.41 Å². The lowest BCUT2D eigenvalue weighted by Gasteiger charge is -2.42. The normalized spacial score (nSPS) is 21.1. The molecule has 12 aromatic rings. The van der Waals surface area contributed by atoms with Crippen LogP contribution in [0.25, 0.3) is 111 Å². The first kappa shape index (κ1) is 38.3. The van der Waals surface area contributed by atoms with Crippen LogP contribution in [0.2, 0.25) is 0 Å². The van der Waals surface area contributed by atoms with E-state index < -0.39 is 0 Å². The molecule has 4 aromatic heterocycles. The molecule has 3 fully saturated rings. The van der Waals surface area contributed by atoms with E-state index in [0.717, 1.165) is 120 Å². The molecule has 3 aliphatic rings. The fourth-order valence-corrected chi connectivity index (χ4v) is 13.7. The zero-order valence-corrected chi connectivity index (χ0v) is 37.8. The number of nitrogens with zero attached hydrogens (tertiary/aromatic N) is 5. The summed E-state index contributed by atoms with van der Waals surface area (Å²) >= 11 is 0. The molecule has 6 nitrogen and oxygen atoms in total. The van der Waals surface area contributed by atoms with Crippen molar-refractivity contribution < 1.29 is 4.42 Å². The van der Waals surface area contributed by atoms with E-state index >= 15 is 0 Å². The smallest absolute Gasteiger partial charge is 0.165 e. The van der Waals surface area contributed by atoms with E-state index in [1.807, 2.05) is 0 Å². The lowest BCUT2D eigenvalue weighted by Crippen LogP contribution is -2.34. The fourth-order valence-electron chi connectivity index (χ4n) is 13.7. The Kier molecular flexibility index (Phi) is 8.07. The number of fused-ring (bicyclic) bond motifs is 11. The van der Waals surface area contributed by atoms with Gasteiger partial charge in [0.15, 0.2) is 11.6 Å². The molecule has 0 aliphatic heterocycles. The van der Waals surface area contributed by atoms with Crippen LogP contribution in [0.15, 0.2) is 186 Å². The van der Waals surface area contributed by atoms with Gasteiger partial charge >= 0.3 is 0 Å². The van der Waals surface area contributed by atoms with Crippen LogP contribution >= 0.6 is 0 Å². The average molecular weight is 878 g/mol. The van der Waals surface area contributed by atoms with Gasteiger partial charge in [0.25, 0.3) is 0 Å². The minimum atomic E-state index is -0.125. The molecule has 2 bridgehead atoms. The Balaban J connectivity index is 1.04. The van der Waals surface area contributed by atoms with Crippen LogP contribution < -0.4 is 0 Å². The molecule has 3 saturated carbocycles. The molecule has 0 spiro atoms. The minimum absolute atomic E-state index is 0.125. The molecular weight excluding hydrogens is 831 g/mol. The largest absolute Gasteiger partial charge is 0.456 e. The lowest BCUT2D eigenvalue weighted by molar-refractivity contribution is 0.0777. The summed E-state index contributed by atoms with van der Waals surface area (Å²) < 4.78 is 11.5. The van der Waals surface area contributed by atoms with E-state index in [1.165, 1.54) is 34.4 Å². The summed E-state index contributed by atoms with van der Waals surface area (Å²) in [6, 6.07) is 65.4. The highest BCUT2D eigenvalue weighted by molar-refractivity contribution is 6.24. The number of hydrogen-bond donors (Lipinski definition) is 0. The topological polar surface area (TPSA) is 61.7 Å². The first-order valence-corrected chi connectivity index (χ1v) is 24.5. The molecule has 3 aliphatic carbocycles. The molecule has 2 unspecified atom stereocenters.